The topological polar surface area (TPSA) is 60.2 Å². The van der Waals surface area contributed by atoms with Gasteiger partial charge in [-0.05, 0) is 36.5 Å². The van der Waals surface area contributed by atoms with Gasteiger partial charge in [0.05, 0.1) is 17.2 Å². The SMILES string of the molecule is CCc1nc2cnc3cc(/C=C/C(=O)N(C)C)ccc3c2n1CC1CCOCC1. The summed E-state index contributed by atoms with van der Waals surface area (Å²) < 4.78 is 7.92. The first kappa shape index (κ1) is 19.6. The molecular formula is C23H28N4O2. The fourth-order valence-electron chi connectivity index (χ4n) is 3.95. The van der Waals surface area contributed by atoms with Crippen molar-refractivity contribution in [1.29, 1.82) is 0 Å². The predicted molar refractivity (Wildman–Crippen MR) is 116 cm³/mol. The number of aryl methyl sites for hydroxylation is 1. The van der Waals surface area contributed by atoms with Gasteiger partial charge in [-0.15, -0.1) is 0 Å². The number of aromatic nitrogens is 3. The van der Waals surface area contributed by atoms with Gasteiger partial charge in [0, 0.05) is 51.7 Å². The minimum absolute atomic E-state index is 0.0318. The number of pyridine rings is 1. The van der Waals surface area contributed by atoms with Gasteiger partial charge in [0.15, 0.2) is 0 Å². The number of carbonyl (C=O) groups excluding carboxylic acids is 1. The van der Waals surface area contributed by atoms with E-state index in [-0.39, 0.29) is 5.91 Å². The summed E-state index contributed by atoms with van der Waals surface area (Å²) in [5, 5.41) is 1.11. The van der Waals surface area contributed by atoms with E-state index in [0.29, 0.717) is 5.92 Å². The monoisotopic (exact) mass is 392 g/mol. The van der Waals surface area contributed by atoms with Crippen molar-refractivity contribution in [2.24, 2.45) is 5.92 Å². The van der Waals surface area contributed by atoms with Gasteiger partial charge in [0.1, 0.15) is 11.3 Å². The van der Waals surface area contributed by atoms with Gasteiger partial charge in [0.2, 0.25) is 5.91 Å². The fourth-order valence-corrected chi connectivity index (χ4v) is 3.95. The Labute approximate surface area is 171 Å². The highest BCUT2D eigenvalue weighted by Gasteiger charge is 2.19. The number of benzene rings is 1. The zero-order valence-electron chi connectivity index (χ0n) is 17.4. The number of nitrogens with zero attached hydrogens (tertiary/aromatic N) is 4. The van der Waals surface area contributed by atoms with Crippen molar-refractivity contribution in [1.82, 2.24) is 19.4 Å². The van der Waals surface area contributed by atoms with E-state index in [2.05, 4.69) is 22.5 Å². The molecule has 3 heterocycles. The zero-order chi connectivity index (χ0) is 20.4. The highest BCUT2D eigenvalue weighted by Crippen LogP contribution is 2.28. The first-order valence-electron chi connectivity index (χ1n) is 10.3. The third-order valence-corrected chi connectivity index (χ3v) is 5.63. The van der Waals surface area contributed by atoms with Gasteiger partial charge in [-0.3, -0.25) is 9.78 Å². The van der Waals surface area contributed by atoms with Crippen LogP contribution in [0.4, 0.5) is 0 Å². The van der Waals surface area contributed by atoms with Crippen LogP contribution in [-0.4, -0.2) is 52.7 Å². The van der Waals surface area contributed by atoms with Crippen molar-refractivity contribution in [3.05, 3.63) is 41.9 Å². The van der Waals surface area contributed by atoms with Crippen LogP contribution in [0, 0.1) is 5.92 Å². The third kappa shape index (κ3) is 4.03. The molecule has 6 nitrogen and oxygen atoms in total. The molecule has 4 rings (SSSR count). The summed E-state index contributed by atoms with van der Waals surface area (Å²) in [4.78, 5) is 22.9. The van der Waals surface area contributed by atoms with E-state index in [1.54, 1.807) is 25.1 Å². The lowest BCUT2D eigenvalue weighted by Crippen LogP contribution is -2.21. The van der Waals surface area contributed by atoms with Crippen LogP contribution >= 0.6 is 0 Å². The molecule has 0 radical (unpaired) electrons. The molecule has 6 heteroatoms. The molecule has 0 saturated carbocycles. The minimum Gasteiger partial charge on any atom is -0.381 e. The second kappa shape index (κ2) is 8.33. The quantitative estimate of drug-likeness (QED) is 0.622. The summed E-state index contributed by atoms with van der Waals surface area (Å²) in [5.74, 6) is 1.70. The smallest absolute Gasteiger partial charge is 0.246 e. The van der Waals surface area contributed by atoms with Crippen molar-refractivity contribution in [3.8, 4) is 0 Å². The molecule has 1 fully saturated rings. The molecule has 152 valence electrons. The molecule has 3 aromatic rings. The maximum absolute atomic E-state index is 11.8. The zero-order valence-corrected chi connectivity index (χ0v) is 17.4. The molecule has 2 aromatic heterocycles. The first-order chi connectivity index (χ1) is 14.1. The first-order valence-corrected chi connectivity index (χ1v) is 10.3. The third-order valence-electron chi connectivity index (χ3n) is 5.63. The standard InChI is InChI=1S/C23H28N4O2/c1-4-21-25-20-14-24-19-13-16(6-8-22(28)26(2)3)5-7-18(19)23(20)27(21)15-17-9-11-29-12-10-17/h5-8,13-14,17H,4,9-12,15H2,1-3H3/b8-6+. The largest absolute Gasteiger partial charge is 0.381 e. The number of hydrogen-bond acceptors (Lipinski definition) is 4. The van der Waals surface area contributed by atoms with Gasteiger partial charge in [-0.2, -0.15) is 0 Å². The Morgan fingerprint density at radius 2 is 2.07 bits per heavy atom. The number of fused-ring (bicyclic) bond motifs is 3. The Hall–Kier alpha value is -2.73. The van der Waals surface area contributed by atoms with E-state index in [0.717, 1.165) is 66.8 Å². The molecule has 0 N–H and O–H groups in total. The Bertz CT molecular complexity index is 1060. The van der Waals surface area contributed by atoms with Crippen LogP contribution in [0.1, 0.15) is 31.2 Å². The maximum Gasteiger partial charge on any atom is 0.246 e. The number of carbonyl (C=O) groups is 1. The molecule has 1 saturated heterocycles. The second-order valence-corrected chi connectivity index (χ2v) is 7.88. The Morgan fingerprint density at radius 1 is 1.28 bits per heavy atom. The molecule has 1 aliphatic heterocycles. The number of rotatable bonds is 5. The molecule has 0 aliphatic carbocycles. The maximum atomic E-state index is 11.8. The number of hydrogen-bond donors (Lipinski definition) is 0. The Kier molecular flexibility index (Phi) is 5.62. The van der Waals surface area contributed by atoms with Crippen molar-refractivity contribution in [3.63, 3.8) is 0 Å². The van der Waals surface area contributed by atoms with Crippen LogP contribution in [0.3, 0.4) is 0 Å². The van der Waals surface area contributed by atoms with Crippen molar-refractivity contribution < 1.29 is 9.53 Å². The van der Waals surface area contributed by atoms with Crippen LogP contribution < -0.4 is 0 Å². The van der Waals surface area contributed by atoms with Crippen LogP contribution in [0.25, 0.3) is 28.0 Å². The lowest BCUT2D eigenvalue weighted by Gasteiger charge is -2.23. The van der Waals surface area contributed by atoms with E-state index < -0.39 is 0 Å². The fraction of sp³-hybridized carbons (Fsp3) is 0.435. The van der Waals surface area contributed by atoms with Gasteiger partial charge in [-0.1, -0.05) is 19.1 Å². The molecule has 1 aliphatic rings. The van der Waals surface area contributed by atoms with E-state index in [4.69, 9.17) is 9.72 Å². The molecular weight excluding hydrogens is 364 g/mol. The van der Waals surface area contributed by atoms with Crippen molar-refractivity contribution in [2.75, 3.05) is 27.3 Å². The second-order valence-electron chi connectivity index (χ2n) is 7.88. The summed E-state index contributed by atoms with van der Waals surface area (Å²) in [6.45, 7) is 4.83. The van der Waals surface area contributed by atoms with Crippen LogP contribution in [0.15, 0.2) is 30.5 Å². The summed E-state index contributed by atoms with van der Waals surface area (Å²) in [5.41, 5.74) is 4.00. The normalized spacial score (nSPS) is 15.6. The summed E-state index contributed by atoms with van der Waals surface area (Å²) >= 11 is 0. The van der Waals surface area contributed by atoms with E-state index in [1.807, 2.05) is 24.4 Å². The van der Waals surface area contributed by atoms with E-state index in [1.165, 1.54) is 5.52 Å². The van der Waals surface area contributed by atoms with E-state index in [9.17, 15) is 4.79 Å². The average molecular weight is 393 g/mol. The van der Waals surface area contributed by atoms with Gasteiger partial charge in [0.25, 0.3) is 0 Å². The van der Waals surface area contributed by atoms with Gasteiger partial charge < -0.3 is 14.2 Å². The molecule has 0 spiro atoms. The molecule has 1 amide bonds. The van der Waals surface area contributed by atoms with Gasteiger partial charge in [-0.25, -0.2) is 4.98 Å². The van der Waals surface area contributed by atoms with Crippen molar-refractivity contribution >= 4 is 33.9 Å². The average Bonchev–Trinajstić information content (AvgIpc) is 3.10. The van der Waals surface area contributed by atoms with Crippen molar-refractivity contribution in [2.45, 2.75) is 32.7 Å². The summed E-state index contributed by atoms with van der Waals surface area (Å²) in [7, 11) is 3.49. The molecule has 0 bridgehead atoms. The van der Waals surface area contributed by atoms with E-state index >= 15 is 0 Å². The lowest BCUT2D eigenvalue weighted by atomic mass is 10.00. The van der Waals surface area contributed by atoms with Gasteiger partial charge >= 0.3 is 0 Å². The minimum atomic E-state index is -0.0318. The molecule has 29 heavy (non-hydrogen) atoms. The van der Waals surface area contributed by atoms with Crippen LogP contribution in [0.5, 0.6) is 0 Å². The molecule has 1 aromatic carbocycles. The van der Waals surface area contributed by atoms with Crippen LogP contribution in [0.2, 0.25) is 0 Å². The predicted octanol–water partition coefficient (Wildman–Crippen LogP) is 3.67. The summed E-state index contributed by atoms with van der Waals surface area (Å²) in [6, 6.07) is 6.18. The Morgan fingerprint density at radius 3 is 2.79 bits per heavy atom. The molecule has 0 unspecified atom stereocenters. The van der Waals surface area contributed by atoms with Crippen LogP contribution in [-0.2, 0) is 22.5 Å². The Balaban J connectivity index is 1.75. The lowest BCUT2D eigenvalue weighted by molar-refractivity contribution is -0.123. The number of amides is 1. The number of ether oxygens (including phenoxy) is 1. The number of imidazole rings is 1. The molecule has 0 atom stereocenters. The summed E-state index contributed by atoms with van der Waals surface area (Å²) in [6.07, 6.45) is 8.39. The number of likely N-dealkylation sites (N-methyl/N-ethyl adjacent to an activating group) is 1. The highest BCUT2D eigenvalue weighted by molar-refractivity contribution is 6.03. The highest BCUT2D eigenvalue weighted by atomic mass is 16.5.